The molecule has 2 aromatic rings. The zero-order chi connectivity index (χ0) is 24.9. The summed E-state index contributed by atoms with van der Waals surface area (Å²) in [6, 6.07) is 8.20. The highest BCUT2D eigenvalue weighted by Gasteiger charge is 2.36. The van der Waals surface area contributed by atoms with Crippen molar-refractivity contribution in [2.45, 2.75) is 60.0 Å². The van der Waals surface area contributed by atoms with Gasteiger partial charge in [-0.1, -0.05) is 23.4 Å². The van der Waals surface area contributed by atoms with Gasteiger partial charge in [0.15, 0.2) is 0 Å². The van der Waals surface area contributed by atoms with Gasteiger partial charge in [0.25, 0.3) is 0 Å². The molecule has 3 aliphatic rings. The van der Waals surface area contributed by atoms with E-state index < -0.39 is 30.1 Å². The SMILES string of the molecule is OC1CC(CN2CCC(=C3c4ccc(F)cc4Sc4ccc(C(F)(F)F)cc43)CC2)CC(O)C1O. The molecule has 2 aromatic carbocycles. The zero-order valence-corrected chi connectivity index (χ0v) is 19.7. The third kappa shape index (κ3) is 5.02. The summed E-state index contributed by atoms with van der Waals surface area (Å²) in [6.07, 6.45) is -5.28. The molecule has 9 heteroatoms. The van der Waals surface area contributed by atoms with Gasteiger partial charge in [0.2, 0.25) is 0 Å². The topological polar surface area (TPSA) is 63.9 Å². The van der Waals surface area contributed by atoms with Crippen LogP contribution < -0.4 is 0 Å². The number of alkyl halides is 3. The van der Waals surface area contributed by atoms with Crippen LogP contribution in [0.4, 0.5) is 17.6 Å². The largest absolute Gasteiger partial charge is 0.416 e. The van der Waals surface area contributed by atoms with Crippen molar-refractivity contribution in [3.63, 3.8) is 0 Å². The van der Waals surface area contributed by atoms with Crippen molar-refractivity contribution in [1.82, 2.24) is 4.90 Å². The molecule has 0 radical (unpaired) electrons. The van der Waals surface area contributed by atoms with Crippen LogP contribution in [-0.4, -0.2) is 58.2 Å². The van der Waals surface area contributed by atoms with E-state index in [1.54, 1.807) is 6.07 Å². The van der Waals surface area contributed by atoms with Gasteiger partial charge in [-0.2, -0.15) is 13.2 Å². The molecule has 2 heterocycles. The number of benzene rings is 2. The predicted molar refractivity (Wildman–Crippen MR) is 124 cm³/mol. The number of halogens is 4. The molecule has 2 aliphatic heterocycles. The predicted octanol–water partition coefficient (Wildman–Crippen LogP) is 4.70. The third-order valence-corrected chi connectivity index (χ3v) is 8.41. The summed E-state index contributed by atoms with van der Waals surface area (Å²) in [5, 5.41) is 29.8. The standard InChI is InChI=1S/C26H27F4NO3S/c27-17-2-3-18-23(12-17)35-22-4-1-16(26(28,29)30)11-19(22)24(18)15-5-7-31(8-6-15)13-14-9-20(32)25(34)21(33)10-14/h1-4,11-12,14,20-21,25,32-34H,5-10,13H2. The van der Waals surface area contributed by atoms with E-state index in [0.717, 1.165) is 22.8 Å². The van der Waals surface area contributed by atoms with Gasteiger partial charge in [0.05, 0.1) is 17.8 Å². The summed E-state index contributed by atoms with van der Waals surface area (Å²) in [4.78, 5) is 3.62. The maximum atomic E-state index is 14.0. The van der Waals surface area contributed by atoms with Gasteiger partial charge >= 0.3 is 6.18 Å². The van der Waals surface area contributed by atoms with Crippen LogP contribution in [0.5, 0.6) is 0 Å². The zero-order valence-electron chi connectivity index (χ0n) is 18.9. The van der Waals surface area contributed by atoms with E-state index in [1.807, 2.05) is 0 Å². The Morgan fingerprint density at radius 1 is 0.886 bits per heavy atom. The Hall–Kier alpha value is -1.91. The van der Waals surface area contributed by atoms with E-state index in [2.05, 4.69) is 4.90 Å². The van der Waals surface area contributed by atoms with E-state index in [0.29, 0.717) is 60.7 Å². The molecule has 0 bridgehead atoms. The molecule has 0 amide bonds. The van der Waals surface area contributed by atoms with Gasteiger partial charge in [0.1, 0.15) is 11.9 Å². The monoisotopic (exact) mass is 509 g/mol. The quantitative estimate of drug-likeness (QED) is 0.437. The third-order valence-electron chi connectivity index (χ3n) is 7.28. The van der Waals surface area contributed by atoms with Crippen molar-refractivity contribution < 1.29 is 32.9 Å². The number of fused-ring (bicyclic) bond motifs is 2. The smallest absolute Gasteiger partial charge is 0.390 e. The van der Waals surface area contributed by atoms with Crippen LogP contribution in [0.25, 0.3) is 5.57 Å². The van der Waals surface area contributed by atoms with Crippen LogP contribution >= 0.6 is 11.8 Å². The van der Waals surface area contributed by atoms with Crippen molar-refractivity contribution in [2.24, 2.45) is 5.92 Å². The summed E-state index contributed by atoms with van der Waals surface area (Å²) in [5.74, 6) is -0.324. The van der Waals surface area contributed by atoms with E-state index in [-0.39, 0.29) is 11.7 Å². The first-order valence-electron chi connectivity index (χ1n) is 11.8. The van der Waals surface area contributed by atoms with Gasteiger partial charge in [-0.05, 0) is 78.6 Å². The Labute approximate surface area is 205 Å². The molecule has 188 valence electrons. The van der Waals surface area contributed by atoms with E-state index in [4.69, 9.17) is 0 Å². The normalized spacial score (nSPS) is 27.5. The fraction of sp³-hybridized carbons (Fsp3) is 0.462. The van der Waals surface area contributed by atoms with Crippen LogP contribution in [0.15, 0.2) is 51.8 Å². The molecule has 35 heavy (non-hydrogen) atoms. The fourth-order valence-electron chi connectivity index (χ4n) is 5.51. The van der Waals surface area contributed by atoms with Crippen LogP contribution in [0, 0.1) is 11.7 Å². The lowest BCUT2D eigenvalue weighted by Gasteiger charge is -2.38. The first-order valence-corrected chi connectivity index (χ1v) is 12.6. The highest BCUT2D eigenvalue weighted by Crippen LogP contribution is 2.49. The van der Waals surface area contributed by atoms with Gasteiger partial charge in [-0.15, -0.1) is 0 Å². The first-order chi connectivity index (χ1) is 16.6. The lowest BCUT2D eigenvalue weighted by atomic mass is 9.82. The van der Waals surface area contributed by atoms with Crippen LogP contribution in [0.1, 0.15) is 42.4 Å². The van der Waals surface area contributed by atoms with Crippen LogP contribution in [-0.2, 0) is 6.18 Å². The van der Waals surface area contributed by atoms with Gasteiger partial charge < -0.3 is 20.2 Å². The first kappa shape index (κ1) is 24.8. The molecule has 3 N–H and O–H groups in total. The summed E-state index contributed by atoms with van der Waals surface area (Å²) in [7, 11) is 0. The Balaban J connectivity index is 1.42. The van der Waals surface area contributed by atoms with Crippen molar-refractivity contribution in [1.29, 1.82) is 0 Å². The van der Waals surface area contributed by atoms with Crippen molar-refractivity contribution in [3.8, 4) is 0 Å². The number of aliphatic hydroxyl groups excluding tert-OH is 3. The lowest BCUT2D eigenvalue weighted by molar-refractivity contribution is -0.137. The summed E-state index contributed by atoms with van der Waals surface area (Å²) < 4.78 is 54.5. The Morgan fingerprint density at radius 2 is 1.57 bits per heavy atom. The number of piperidine rings is 1. The highest BCUT2D eigenvalue weighted by atomic mass is 32.2. The maximum absolute atomic E-state index is 14.0. The van der Waals surface area contributed by atoms with Crippen molar-refractivity contribution >= 4 is 17.3 Å². The number of aliphatic hydroxyl groups is 3. The minimum atomic E-state index is -4.45. The number of likely N-dealkylation sites (tertiary alicyclic amines) is 1. The lowest BCUT2D eigenvalue weighted by Crippen LogP contribution is -2.47. The maximum Gasteiger partial charge on any atom is 0.416 e. The average molecular weight is 510 g/mol. The number of nitrogens with zero attached hydrogens (tertiary/aromatic N) is 1. The molecule has 1 saturated carbocycles. The summed E-state index contributed by atoms with van der Waals surface area (Å²) >= 11 is 1.29. The van der Waals surface area contributed by atoms with Crippen molar-refractivity contribution in [2.75, 3.05) is 19.6 Å². The minimum absolute atomic E-state index is 0.0578. The van der Waals surface area contributed by atoms with Gasteiger partial charge in [-0.3, -0.25) is 0 Å². The Kier molecular flexibility index (Phi) is 6.74. The molecule has 0 spiro atoms. The molecule has 5 rings (SSSR count). The van der Waals surface area contributed by atoms with Crippen LogP contribution in [0.2, 0.25) is 0 Å². The molecule has 4 nitrogen and oxygen atoms in total. The number of hydrogen-bond donors (Lipinski definition) is 3. The van der Waals surface area contributed by atoms with Crippen LogP contribution in [0.3, 0.4) is 0 Å². The van der Waals surface area contributed by atoms with E-state index >= 15 is 0 Å². The Morgan fingerprint density at radius 3 is 2.23 bits per heavy atom. The molecular weight excluding hydrogens is 482 g/mol. The average Bonchev–Trinajstić information content (AvgIpc) is 2.80. The van der Waals surface area contributed by atoms with Gasteiger partial charge in [0, 0.05) is 29.4 Å². The van der Waals surface area contributed by atoms with E-state index in [9.17, 15) is 32.9 Å². The van der Waals surface area contributed by atoms with Gasteiger partial charge in [-0.25, -0.2) is 4.39 Å². The number of rotatable bonds is 2. The molecule has 2 fully saturated rings. The second kappa shape index (κ2) is 9.52. The minimum Gasteiger partial charge on any atom is -0.390 e. The Bertz CT molecular complexity index is 1130. The summed E-state index contributed by atoms with van der Waals surface area (Å²) in [6.45, 7) is 2.07. The molecular formula is C26H27F4NO3S. The molecule has 0 aromatic heterocycles. The van der Waals surface area contributed by atoms with E-state index in [1.165, 1.54) is 36.0 Å². The van der Waals surface area contributed by atoms with Crippen molar-refractivity contribution in [3.05, 3.63) is 64.5 Å². The molecule has 2 atom stereocenters. The second-order valence-corrected chi connectivity index (χ2v) is 10.8. The second-order valence-electron chi connectivity index (χ2n) is 9.69. The molecule has 1 aliphatic carbocycles. The molecule has 2 unspecified atom stereocenters. The highest BCUT2D eigenvalue weighted by molar-refractivity contribution is 7.99. The summed E-state index contributed by atoms with van der Waals surface area (Å²) in [5.41, 5.74) is 2.42. The number of hydrogen-bond acceptors (Lipinski definition) is 5. The fourth-order valence-corrected chi connectivity index (χ4v) is 6.60. The molecule has 1 saturated heterocycles.